The highest BCUT2D eigenvalue weighted by molar-refractivity contribution is 5.88. The number of hydrogen-bond donors (Lipinski definition) is 2. The monoisotopic (exact) mass is 248 g/mol. The summed E-state index contributed by atoms with van der Waals surface area (Å²) in [6.45, 7) is 2.78. The minimum absolute atomic E-state index is 0.121. The third-order valence-corrected chi connectivity index (χ3v) is 2.97. The van der Waals surface area contributed by atoms with Gasteiger partial charge in [0.2, 0.25) is 5.91 Å². The first-order valence-electron chi connectivity index (χ1n) is 5.15. The Morgan fingerprint density at radius 1 is 1.47 bits per heavy atom. The van der Waals surface area contributed by atoms with Crippen LogP contribution in [0.4, 0.5) is 13.2 Å². The predicted molar refractivity (Wildman–Crippen MR) is 57.8 cm³/mol. The van der Waals surface area contributed by atoms with E-state index in [0.717, 1.165) is 6.08 Å². The predicted octanol–water partition coefficient (Wildman–Crippen LogP) is 1.64. The van der Waals surface area contributed by atoms with Crippen LogP contribution in [-0.2, 0) is 4.79 Å². The lowest BCUT2D eigenvalue weighted by Crippen LogP contribution is -2.51. The summed E-state index contributed by atoms with van der Waals surface area (Å²) in [6, 6.07) is 0. The molecule has 4 N–H and O–H groups in total. The average Bonchev–Trinajstić information content (AvgIpc) is 2.15. The molecule has 2 atom stereocenters. The maximum absolute atomic E-state index is 12.7. The lowest BCUT2D eigenvalue weighted by molar-refractivity contribution is -0.121. The van der Waals surface area contributed by atoms with Crippen LogP contribution in [-0.4, -0.2) is 17.6 Å². The molecule has 0 heterocycles. The molecule has 0 fully saturated rings. The van der Waals surface area contributed by atoms with Crippen molar-refractivity contribution >= 4 is 5.91 Å². The number of carbonyl (C=O) groups is 1. The quantitative estimate of drug-likeness (QED) is 0.780. The molecule has 0 saturated carbocycles. The van der Waals surface area contributed by atoms with E-state index < -0.39 is 29.1 Å². The van der Waals surface area contributed by atoms with Gasteiger partial charge in [0.1, 0.15) is 5.54 Å². The van der Waals surface area contributed by atoms with Gasteiger partial charge in [0.25, 0.3) is 0 Å². The molecular formula is C11H15F3N2O. The Bertz CT molecular complexity index is 394. The van der Waals surface area contributed by atoms with Gasteiger partial charge in [-0.1, -0.05) is 13.0 Å². The number of halogens is 3. The van der Waals surface area contributed by atoms with Gasteiger partial charge in [-0.3, -0.25) is 4.79 Å². The van der Waals surface area contributed by atoms with Crippen molar-refractivity contribution in [3.05, 3.63) is 23.3 Å². The fourth-order valence-corrected chi connectivity index (χ4v) is 1.66. The minimum Gasteiger partial charge on any atom is -0.368 e. The van der Waals surface area contributed by atoms with Crippen molar-refractivity contribution in [2.24, 2.45) is 17.4 Å². The van der Waals surface area contributed by atoms with E-state index in [4.69, 9.17) is 11.5 Å². The molecule has 0 aliphatic heterocycles. The molecular weight excluding hydrogens is 233 g/mol. The van der Waals surface area contributed by atoms with E-state index >= 15 is 0 Å². The lowest BCUT2D eigenvalue weighted by Gasteiger charge is -2.29. The molecule has 1 rings (SSSR count). The van der Waals surface area contributed by atoms with Gasteiger partial charge in [-0.25, -0.2) is 0 Å². The molecule has 0 radical (unpaired) electrons. The summed E-state index contributed by atoms with van der Waals surface area (Å²) in [5, 5.41) is 0. The third kappa shape index (κ3) is 2.69. The van der Waals surface area contributed by atoms with Crippen molar-refractivity contribution in [2.75, 3.05) is 0 Å². The van der Waals surface area contributed by atoms with E-state index in [9.17, 15) is 18.0 Å². The number of allylic oxidation sites excluding steroid dienone is 2. The Kier molecular flexibility index (Phi) is 3.38. The molecule has 96 valence electrons. The first-order valence-corrected chi connectivity index (χ1v) is 5.15. The second-order valence-electron chi connectivity index (χ2n) is 4.46. The largest absolute Gasteiger partial charge is 0.412 e. The summed E-state index contributed by atoms with van der Waals surface area (Å²) >= 11 is 0. The van der Waals surface area contributed by atoms with Crippen LogP contribution in [0, 0.1) is 5.92 Å². The molecule has 6 heteroatoms. The number of nitrogens with two attached hydrogens (primary N) is 2. The molecule has 0 aromatic rings. The van der Waals surface area contributed by atoms with Gasteiger partial charge < -0.3 is 11.5 Å². The van der Waals surface area contributed by atoms with E-state index in [-0.39, 0.29) is 12.0 Å². The van der Waals surface area contributed by atoms with Gasteiger partial charge in [0.15, 0.2) is 0 Å². The first-order chi connectivity index (χ1) is 7.56. The molecule has 3 nitrogen and oxygen atoms in total. The summed E-state index contributed by atoms with van der Waals surface area (Å²) in [5.41, 5.74) is 8.58. The average molecular weight is 248 g/mol. The van der Waals surface area contributed by atoms with Crippen LogP contribution in [0.3, 0.4) is 0 Å². The minimum atomic E-state index is -4.41. The molecule has 0 bridgehead atoms. The van der Waals surface area contributed by atoms with Gasteiger partial charge >= 0.3 is 6.18 Å². The second-order valence-corrected chi connectivity index (χ2v) is 4.46. The second kappa shape index (κ2) is 4.18. The Balaban J connectivity index is 3.16. The van der Waals surface area contributed by atoms with Crippen LogP contribution < -0.4 is 11.5 Å². The molecule has 17 heavy (non-hydrogen) atoms. The molecule has 0 spiro atoms. The van der Waals surface area contributed by atoms with E-state index in [2.05, 4.69) is 0 Å². The van der Waals surface area contributed by atoms with Crippen LogP contribution in [0.5, 0.6) is 0 Å². The Labute approximate surface area is 97.3 Å². The normalized spacial score (nSPS) is 24.7. The highest BCUT2D eigenvalue weighted by Gasteiger charge is 2.40. The topological polar surface area (TPSA) is 69.1 Å². The number of primary amides is 1. The van der Waals surface area contributed by atoms with Crippen molar-refractivity contribution < 1.29 is 18.0 Å². The standard InChI is InChI=1S/C11H15F3N2O/c1-6-3-4-7(10(2,16)9(15)17)5-8(6)11(12,13)14/h4-6H,3,16H2,1-2H3,(H2,15,17)/t6?,10-/m0/s1. The summed E-state index contributed by atoms with van der Waals surface area (Å²) in [7, 11) is 0. The van der Waals surface area contributed by atoms with Crippen LogP contribution >= 0.6 is 0 Å². The summed E-state index contributed by atoms with van der Waals surface area (Å²) in [5.74, 6) is -1.49. The molecule has 1 unspecified atom stereocenters. The highest BCUT2D eigenvalue weighted by Crippen LogP contribution is 2.38. The fourth-order valence-electron chi connectivity index (χ4n) is 1.66. The zero-order valence-corrected chi connectivity index (χ0v) is 9.64. The van der Waals surface area contributed by atoms with Gasteiger partial charge in [-0.15, -0.1) is 0 Å². The molecule has 1 aliphatic rings. The zero-order chi connectivity index (χ0) is 13.4. The van der Waals surface area contributed by atoms with Crippen molar-refractivity contribution in [1.82, 2.24) is 0 Å². The number of rotatable bonds is 2. The van der Waals surface area contributed by atoms with Crippen LogP contribution in [0.2, 0.25) is 0 Å². The summed E-state index contributed by atoms with van der Waals surface area (Å²) in [6.07, 6.45) is -1.75. The van der Waals surface area contributed by atoms with Crippen molar-refractivity contribution in [2.45, 2.75) is 32.0 Å². The maximum Gasteiger partial charge on any atom is 0.412 e. The molecule has 1 amide bonds. The van der Waals surface area contributed by atoms with E-state index in [1.165, 1.54) is 19.9 Å². The van der Waals surface area contributed by atoms with Gasteiger partial charge in [0.05, 0.1) is 0 Å². The SMILES string of the molecule is CC1CC=C([C@](C)(N)C(N)=O)C=C1C(F)(F)F. The van der Waals surface area contributed by atoms with Gasteiger partial charge in [0, 0.05) is 5.57 Å². The van der Waals surface area contributed by atoms with Crippen LogP contribution in [0.25, 0.3) is 0 Å². The maximum atomic E-state index is 12.7. The van der Waals surface area contributed by atoms with E-state index in [0.29, 0.717) is 0 Å². The van der Waals surface area contributed by atoms with E-state index in [1.807, 2.05) is 0 Å². The van der Waals surface area contributed by atoms with Crippen LogP contribution in [0.1, 0.15) is 20.3 Å². The Hall–Kier alpha value is -1.30. The number of amides is 1. The fraction of sp³-hybridized carbons (Fsp3) is 0.545. The lowest BCUT2D eigenvalue weighted by atomic mass is 9.81. The van der Waals surface area contributed by atoms with Crippen molar-refractivity contribution in [3.63, 3.8) is 0 Å². The Morgan fingerprint density at radius 2 is 2.00 bits per heavy atom. The zero-order valence-electron chi connectivity index (χ0n) is 9.64. The summed E-state index contributed by atoms with van der Waals surface area (Å²) < 4.78 is 38.1. The number of carbonyl (C=O) groups excluding carboxylic acids is 1. The molecule has 1 aliphatic carbocycles. The van der Waals surface area contributed by atoms with Crippen LogP contribution in [0.15, 0.2) is 23.3 Å². The first kappa shape index (κ1) is 13.8. The smallest absolute Gasteiger partial charge is 0.368 e. The number of alkyl halides is 3. The number of hydrogen-bond acceptors (Lipinski definition) is 2. The van der Waals surface area contributed by atoms with E-state index in [1.54, 1.807) is 0 Å². The van der Waals surface area contributed by atoms with Gasteiger partial charge in [-0.05, 0) is 30.9 Å². The Morgan fingerprint density at radius 3 is 2.41 bits per heavy atom. The van der Waals surface area contributed by atoms with Crippen molar-refractivity contribution in [3.8, 4) is 0 Å². The summed E-state index contributed by atoms with van der Waals surface area (Å²) in [4.78, 5) is 11.1. The molecule has 0 aromatic heterocycles. The highest BCUT2D eigenvalue weighted by atomic mass is 19.4. The molecule has 0 aromatic carbocycles. The third-order valence-electron chi connectivity index (χ3n) is 2.97. The molecule has 0 saturated heterocycles. The van der Waals surface area contributed by atoms with Gasteiger partial charge in [-0.2, -0.15) is 13.2 Å². The van der Waals surface area contributed by atoms with Crippen molar-refractivity contribution in [1.29, 1.82) is 0 Å².